The van der Waals surface area contributed by atoms with Crippen LogP contribution in [-0.2, 0) is 9.59 Å². The van der Waals surface area contributed by atoms with Crippen LogP contribution in [0.2, 0.25) is 0 Å². The number of allylic oxidation sites excluding steroid dienone is 2. The van der Waals surface area contributed by atoms with Crippen LogP contribution in [0.5, 0.6) is 0 Å². The molecule has 8 nitrogen and oxygen atoms in total. The summed E-state index contributed by atoms with van der Waals surface area (Å²) in [6.07, 6.45) is 5.86. The Morgan fingerprint density at radius 1 is 1.31 bits per heavy atom. The lowest BCUT2D eigenvalue weighted by molar-refractivity contribution is -0.145. The number of aliphatic carboxylic acids is 2. The van der Waals surface area contributed by atoms with Gasteiger partial charge < -0.3 is 10.2 Å². The number of carboxylic acids is 2. The van der Waals surface area contributed by atoms with Gasteiger partial charge in [0.2, 0.25) is 0 Å². The molecule has 0 saturated carbocycles. The van der Waals surface area contributed by atoms with E-state index in [0.717, 1.165) is 0 Å². The van der Waals surface area contributed by atoms with E-state index in [2.05, 4.69) is 10.1 Å². The molecule has 2 N–H and O–H groups in total. The highest BCUT2D eigenvalue weighted by Crippen LogP contribution is 2.34. The maximum Gasteiger partial charge on any atom is 0.331 e. The van der Waals surface area contributed by atoms with Crippen LogP contribution in [-0.4, -0.2) is 42.8 Å². The van der Waals surface area contributed by atoms with Crippen molar-refractivity contribution >= 4 is 29.2 Å². The van der Waals surface area contributed by atoms with Gasteiger partial charge in [0.05, 0.1) is 10.3 Å². The fraction of sp³-hybridized carbons (Fsp3) is 0.235. The van der Waals surface area contributed by atoms with Crippen molar-refractivity contribution in [3.8, 4) is 0 Å². The van der Waals surface area contributed by atoms with Crippen molar-refractivity contribution in [2.24, 2.45) is 5.41 Å². The fourth-order valence-electron chi connectivity index (χ4n) is 2.42. The zero-order chi connectivity index (χ0) is 19.3. The summed E-state index contributed by atoms with van der Waals surface area (Å²) in [5.41, 5.74) is -0.263. The predicted octanol–water partition coefficient (Wildman–Crippen LogP) is 2.47. The third-order valence-corrected chi connectivity index (χ3v) is 4.49. The molecule has 3 rings (SSSR count). The number of nitrogens with zero attached hydrogens (tertiary/aromatic N) is 3. The van der Waals surface area contributed by atoms with Crippen LogP contribution in [0.15, 0.2) is 53.5 Å². The highest BCUT2D eigenvalue weighted by atomic mass is 32.1. The standard InChI is InChI=1S/C10H12O4.C7H5N3OS/c1-6-3-7(8(11)12)5-10(2,4-6)9(13)14;11-7(6-2-1-3-12-6)10-5-8-4-9-10/h3-4H,5H2,1-2H3,(H,11,12)(H,13,14);1-5H. The Kier molecular flexibility index (Phi) is 5.83. The SMILES string of the molecule is CC1=CC(C)(C(=O)O)CC(C(=O)O)=C1.O=C(c1cccs1)n1cncn1. The van der Waals surface area contributed by atoms with Gasteiger partial charge in [-0.05, 0) is 37.8 Å². The van der Waals surface area contributed by atoms with Crippen LogP contribution >= 0.6 is 11.3 Å². The Morgan fingerprint density at radius 3 is 2.54 bits per heavy atom. The van der Waals surface area contributed by atoms with E-state index in [4.69, 9.17) is 10.2 Å². The second kappa shape index (κ2) is 7.87. The molecular weight excluding hydrogens is 358 g/mol. The van der Waals surface area contributed by atoms with Crippen LogP contribution in [0.1, 0.15) is 29.9 Å². The molecule has 9 heteroatoms. The first-order valence-electron chi connectivity index (χ1n) is 7.52. The maximum atomic E-state index is 11.4. The summed E-state index contributed by atoms with van der Waals surface area (Å²) < 4.78 is 1.21. The van der Waals surface area contributed by atoms with Crippen LogP contribution in [0.25, 0.3) is 0 Å². The molecule has 1 aliphatic carbocycles. The lowest BCUT2D eigenvalue weighted by Gasteiger charge is -2.25. The normalized spacial score (nSPS) is 18.8. The summed E-state index contributed by atoms with van der Waals surface area (Å²) in [7, 11) is 0. The summed E-state index contributed by atoms with van der Waals surface area (Å²) in [4.78, 5) is 37.4. The van der Waals surface area contributed by atoms with Crippen molar-refractivity contribution in [2.75, 3.05) is 0 Å². The van der Waals surface area contributed by atoms with Crippen molar-refractivity contribution < 1.29 is 24.6 Å². The van der Waals surface area contributed by atoms with E-state index in [-0.39, 0.29) is 17.9 Å². The highest BCUT2D eigenvalue weighted by molar-refractivity contribution is 7.12. The van der Waals surface area contributed by atoms with Gasteiger partial charge in [-0.25, -0.2) is 9.78 Å². The number of carboxylic acid groups (broad SMARTS) is 2. The van der Waals surface area contributed by atoms with E-state index in [1.165, 1.54) is 41.7 Å². The third-order valence-electron chi connectivity index (χ3n) is 3.63. The summed E-state index contributed by atoms with van der Waals surface area (Å²) >= 11 is 1.39. The topological polar surface area (TPSA) is 122 Å². The number of thiophene rings is 1. The molecule has 0 aliphatic heterocycles. The lowest BCUT2D eigenvalue weighted by Crippen LogP contribution is -2.29. The largest absolute Gasteiger partial charge is 0.481 e. The van der Waals surface area contributed by atoms with Gasteiger partial charge in [-0.3, -0.25) is 9.59 Å². The Hall–Kier alpha value is -3.07. The van der Waals surface area contributed by atoms with Crippen LogP contribution in [0.4, 0.5) is 0 Å². The van der Waals surface area contributed by atoms with Gasteiger partial charge in [-0.2, -0.15) is 9.78 Å². The number of rotatable bonds is 3. The van der Waals surface area contributed by atoms with Crippen molar-refractivity contribution in [3.05, 3.63) is 58.3 Å². The molecule has 136 valence electrons. The third kappa shape index (κ3) is 4.51. The van der Waals surface area contributed by atoms with Crippen LogP contribution < -0.4 is 0 Å². The van der Waals surface area contributed by atoms with Crippen LogP contribution in [0.3, 0.4) is 0 Å². The molecule has 1 unspecified atom stereocenters. The molecule has 0 fully saturated rings. The van der Waals surface area contributed by atoms with Gasteiger partial charge >= 0.3 is 11.9 Å². The molecule has 0 spiro atoms. The summed E-state index contributed by atoms with van der Waals surface area (Å²) in [5, 5.41) is 23.3. The molecule has 0 aromatic carbocycles. The van der Waals surface area contributed by atoms with Gasteiger partial charge in [0, 0.05) is 5.57 Å². The molecule has 2 aromatic heterocycles. The average Bonchev–Trinajstić information content (AvgIpc) is 3.27. The van der Waals surface area contributed by atoms with Crippen LogP contribution in [0, 0.1) is 5.41 Å². The monoisotopic (exact) mass is 375 g/mol. The highest BCUT2D eigenvalue weighted by Gasteiger charge is 2.35. The smallest absolute Gasteiger partial charge is 0.331 e. The summed E-state index contributed by atoms with van der Waals surface area (Å²) in [6, 6.07) is 3.59. The number of carbonyl (C=O) groups is 3. The summed E-state index contributed by atoms with van der Waals surface area (Å²) in [5.74, 6) is -2.18. The Bertz CT molecular complexity index is 832. The van der Waals surface area contributed by atoms with E-state index in [1.807, 2.05) is 11.4 Å². The first-order chi connectivity index (χ1) is 12.2. The average molecular weight is 375 g/mol. The Labute approximate surface area is 153 Å². The zero-order valence-electron chi connectivity index (χ0n) is 14.1. The van der Waals surface area contributed by atoms with E-state index in [0.29, 0.717) is 10.5 Å². The number of hydrogen-bond donors (Lipinski definition) is 2. The molecule has 0 radical (unpaired) electrons. The van der Waals surface area contributed by atoms with E-state index >= 15 is 0 Å². The molecule has 1 aliphatic rings. The molecule has 0 saturated heterocycles. The second-order valence-corrected chi connectivity index (χ2v) is 6.83. The molecule has 2 aromatic rings. The molecule has 26 heavy (non-hydrogen) atoms. The van der Waals surface area contributed by atoms with Crippen molar-refractivity contribution in [1.29, 1.82) is 0 Å². The predicted molar refractivity (Wildman–Crippen MR) is 93.9 cm³/mol. The van der Waals surface area contributed by atoms with Gasteiger partial charge in [0.25, 0.3) is 5.91 Å². The Morgan fingerprint density at radius 2 is 2.04 bits per heavy atom. The molecule has 2 heterocycles. The quantitative estimate of drug-likeness (QED) is 0.845. The first-order valence-corrected chi connectivity index (χ1v) is 8.40. The lowest BCUT2D eigenvalue weighted by atomic mass is 9.78. The summed E-state index contributed by atoms with van der Waals surface area (Å²) in [6.45, 7) is 3.22. The van der Waals surface area contributed by atoms with Gasteiger partial charge in [-0.1, -0.05) is 17.7 Å². The minimum atomic E-state index is -1.09. The number of hydrogen-bond acceptors (Lipinski definition) is 6. The number of carbonyl (C=O) groups excluding carboxylic acids is 1. The molecular formula is C17H17N3O5S. The second-order valence-electron chi connectivity index (χ2n) is 5.88. The Balaban J connectivity index is 0.000000189. The maximum absolute atomic E-state index is 11.4. The number of aromatic nitrogens is 3. The molecule has 0 bridgehead atoms. The molecule has 0 amide bonds. The molecule has 1 atom stereocenters. The van der Waals surface area contributed by atoms with Gasteiger partial charge in [0.1, 0.15) is 12.7 Å². The van der Waals surface area contributed by atoms with Gasteiger partial charge in [-0.15, -0.1) is 11.3 Å². The van der Waals surface area contributed by atoms with Gasteiger partial charge in [0.15, 0.2) is 0 Å². The minimum absolute atomic E-state index is 0.0367. The van der Waals surface area contributed by atoms with E-state index in [9.17, 15) is 14.4 Å². The van der Waals surface area contributed by atoms with E-state index < -0.39 is 17.4 Å². The fourth-order valence-corrected chi connectivity index (χ4v) is 3.07. The van der Waals surface area contributed by atoms with Crippen molar-refractivity contribution in [3.63, 3.8) is 0 Å². The minimum Gasteiger partial charge on any atom is -0.481 e. The van der Waals surface area contributed by atoms with E-state index in [1.54, 1.807) is 19.1 Å². The van der Waals surface area contributed by atoms with Crippen molar-refractivity contribution in [2.45, 2.75) is 20.3 Å². The first kappa shape index (κ1) is 19.3. The van der Waals surface area contributed by atoms with Crippen molar-refractivity contribution in [1.82, 2.24) is 14.8 Å². The zero-order valence-corrected chi connectivity index (χ0v) is 14.9.